The Labute approximate surface area is 108 Å². The van der Waals surface area contributed by atoms with E-state index in [0.29, 0.717) is 0 Å². The van der Waals surface area contributed by atoms with Gasteiger partial charge in [0.1, 0.15) is 0 Å². The second kappa shape index (κ2) is 4.97. The highest BCUT2D eigenvalue weighted by molar-refractivity contribution is 9.10. The van der Waals surface area contributed by atoms with Crippen LogP contribution in [0.5, 0.6) is 0 Å². The van der Waals surface area contributed by atoms with E-state index < -0.39 is 0 Å². The van der Waals surface area contributed by atoms with E-state index in [4.69, 9.17) is 0 Å². The number of benzene rings is 1. The molecule has 1 aromatic heterocycles. The van der Waals surface area contributed by atoms with Crippen LogP contribution in [0.4, 0.5) is 5.13 Å². The van der Waals surface area contributed by atoms with E-state index in [-0.39, 0.29) is 0 Å². The van der Waals surface area contributed by atoms with Gasteiger partial charge in [0.05, 0.1) is 4.88 Å². The van der Waals surface area contributed by atoms with Gasteiger partial charge in [-0.2, -0.15) is 0 Å². The Bertz CT molecular complexity index is 494. The van der Waals surface area contributed by atoms with Crippen molar-refractivity contribution in [3.63, 3.8) is 0 Å². The van der Waals surface area contributed by atoms with Gasteiger partial charge in [-0.05, 0) is 31.0 Å². The van der Waals surface area contributed by atoms with Crippen molar-refractivity contribution < 1.29 is 0 Å². The SMILES string of the molecule is CCNc1ncc(-c2ccc(C)c(Br)c2)s1. The molecule has 2 nitrogen and oxygen atoms in total. The number of rotatable bonds is 3. The summed E-state index contributed by atoms with van der Waals surface area (Å²) >= 11 is 5.23. The molecule has 0 aliphatic heterocycles. The topological polar surface area (TPSA) is 24.9 Å². The lowest BCUT2D eigenvalue weighted by Crippen LogP contribution is -1.94. The number of hydrogen-bond acceptors (Lipinski definition) is 3. The smallest absolute Gasteiger partial charge is 0.183 e. The van der Waals surface area contributed by atoms with Gasteiger partial charge in [-0.3, -0.25) is 0 Å². The fourth-order valence-electron chi connectivity index (χ4n) is 1.39. The van der Waals surface area contributed by atoms with Crippen molar-refractivity contribution >= 4 is 32.4 Å². The quantitative estimate of drug-likeness (QED) is 0.913. The van der Waals surface area contributed by atoms with Crippen molar-refractivity contribution in [2.24, 2.45) is 0 Å². The fourth-order valence-corrected chi connectivity index (χ4v) is 2.65. The molecular formula is C12H13BrN2S. The van der Waals surface area contributed by atoms with E-state index >= 15 is 0 Å². The molecule has 0 atom stereocenters. The first kappa shape index (κ1) is 11.6. The highest BCUT2D eigenvalue weighted by atomic mass is 79.9. The number of aryl methyl sites for hydroxylation is 1. The summed E-state index contributed by atoms with van der Waals surface area (Å²) in [5.74, 6) is 0. The minimum atomic E-state index is 0.907. The second-order valence-corrected chi connectivity index (χ2v) is 5.41. The van der Waals surface area contributed by atoms with Crippen LogP contribution >= 0.6 is 27.3 Å². The van der Waals surface area contributed by atoms with Gasteiger partial charge in [-0.15, -0.1) is 0 Å². The average molecular weight is 297 g/mol. The third kappa shape index (κ3) is 2.44. The standard InChI is InChI=1S/C12H13BrN2S/c1-3-14-12-15-7-11(16-12)9-5-4-8(2)10(13)6-9/h4-7H,3H2,1-2H3,(H,14,15). The number of aromatic nitrogens is 1. The Morgan fingerprint density at radius 2 is 2.25 bits per heavy atom. The van der Waals surface area contributed by atoms with Crippen LogP contribution in [0, 0.1) is 6.92 Å². The van der Waals surface area contributed by atoms with E-state index in [1.807, 2.05) is 6.20 Å². The van der Waals surface area contributed by atoms with Crippen LogP contribution in [0.2, 0.25) is 0 Å². The highest BCUT2D eigenvalue weighted by Crippen LogP contribution is 2.31. The van der Waals surface area contributed by atoms with Crippen molar-refractivity contribution in [3.05, 3.63) is 34.4 Å². The third-order valence-electron chi connectivity index (χ3n) is 2.29. The van der Waals surface area contributed by atoms with Gasteiger partial charge in [0.15, 0.2) is 5.13 Å². The minimum absolute atomic E-state index is 0.907. The molecule has 0 amide bonds. The third-order valence-corrected chi connectivity index (χ3v) is 4.15. The molecule has 0 aliphatic rings. The molecule has 2 aromatic rings. The molecule has 0 bridgehead atoms. The maximum atomic E-state index is 4.33. The van der Waals surface area contributed by atoms with Crippen LogP contribution in [0.3, 0.4) is 0 Å². The van der Waals surface area contributed by atoms with Gasteiger partial charge in [-0.25, -0.2) is 4.98 Å². The largest absolute Gasteiger partial charge is 0.362 e. The van der Waals surface area contributed by atoms with Crippen molar-refractivity contribution in [1.29, 1.82) is 0 Å². The van der Waals surface area contributed by atoms with Gasteiger partial charge in [-0.1, -0.05) is 39.4 Å². The summed E-state index contributed by atoms with van der Waals surface area (Å²) in [7, 11) is 0. The van der Waals surface area contributed by atoms with Gasteiger partial charge in [0.2, 0.25) is 0 Å². The predicted octanol–water partition coefficient (Wildman–Crippen LogP) is 4.31. The zero-order chi connectivity index (χ0) is 11.5. The summed E-state index contributed by atoms with van der Waals surface area (Å²) in [6.45, 7) is 5.07. The molecule has 4 heteroatoms. The molecular weight excluding hydrogens is 284 g/mol. The van der Waals surface area contributed by atoms with Crippen LogP contribution in [-0.4, -0.2) is 11.5 Å². The lowest BCUT2D eigenvalue weighted by molar-refractivity contribution is 1.19. The average Bonchev–Trinajstić information content (AvgIpc) is 2.71. The van der Waals surface area contributed by atoms with Crippen LogP contribution in [-0.2, 0) is 0 Å². The monoisotopic (exact) mass is 296 g/mol. The van der Waals surface area contributed by atoms with E-state index in [2.05, 4.69) is 58.3 Å². The Balaban J connectivity index is 2.31. The molecule has 0 saturated heterocycles. The maximum absolute atomic E-state index is 4.33. The van der Waals surface area contributed by atoms with Crippen LogP contribution in [0.15, 0.2) is 28.9 Å². The Kier molecular flexibility index (Phi) is 3.61. The molecule has 16 heavy (non-hydrogen) atoms. The van der Waals surface area contributed by atoms with E-state index in [1.54, 1.807) is 11.3 Å². The Hall–Kier alpha value is -0.870. The van der Waals surface area contributed by atoms with Crippen LogP contribution in [0.25, 0.3) is 10.4 Å². The molecule has 1 aromatic carbocycles. The van der Waals surface area contributed by atoms with Gasteiger partial charge in [0, 0.05) is 17.2 Å². The molecule has 0 saturated carbocycles. The summed E-state index contributed by atoms with van der Waals surface area (Å²) in [6.07, 6.45) is 1.92. The van der Waals surface area contributed by atoms with Crippen LogP contribution in [0.1, 0.15) is 12.5 Å². The number of halogens is 1. The zero-order valence-corrected chi connectivity index (χ0v) is 11.7. The molecule has 0 radical (unpaired) electrons. The highest BCUT2D eigenvalue weighted by Gasteiger charge is 2.05. The van der Waals surface area contributed by atoms with Crippen LogP contribution < -0.4 is 5.32 Å². The predicted molar refractivity (Wildman–Crippen MR) is 74.2 cm³/mol. The van der Waals surface area contributed by atoms with Crippen molar-refractivity contribution in [3.8, 4) is 10.4 Å². The molecule has 84 valence electrons. The number of thiazole rings is 1. The lowest BCUT2D eigenvalue weighted by Gasteiger charge is -2.01. The Morgan fingerprint density at radius 1 is 1.44 bits per heavy atom. The number of hydrogen-bond donors (Lipinski definition) is 1. The molecule has 0 aliphatic carbocycles. The summed E-state index contributed by atoms with van der Waals surface area (Å²) in [6, 6.07) is 6.38. The van der Waals surface area contributed by atoms with Gasteiger partial charge < -0.3 is 5.32 Å². The van der Waals surface area contributed by atoms with E-state index in [0.717, 1.165) is 16.1 Å². The summed E-state index contributed by atoms with van der Waals surface area (Å²) in [5, 5.41) is 4.20. The first-order valence-corrected chi connectivity index (χ1v) is 6.78. The summed E-state index contributed by atoms with van der Waals surface area (Å²) in [4.78, 5) is 5.52. The van der Waals surface area contributed by atoms with Crippen molar-refractivity contribution in [1.82, 2.24) is 4.98 Å². The van der Waals surface area contributed by atoms with Crippen molar-refractivity contribution in [2.45, 2.75) is 13.8 Å². The first-order chi connectivity index (χ1) is 7.70. The first-order valence-electron chi connectivity index (χ1n) is 5.17. The zero-order valence-electron chi connectivity index (χ0n) is 9.25. The maximum Gasteiger partial charge on any atom is 0.183 e. The normalized spacial score (nSPS) is 10.4. The minimum Gasteiger partial charge on any atom is -0.362 e. The molecule has 0 spiro atoms. The molecule has 1 N–H and O–H groups in total. The lowest BCUT2D eigenvalue weighted by atomic mass is 10.1. The van der Waals surface area contributed by atoms with E-state index in [1.165, 1.54) is 16.0 Å². The van der Waals surface area contributed by atoms with Gasteiger partial charge >= 0.3 is 0 Å². The molecule has 0 unspecified atom stereocenters. The molecule has 0 fully saturated rings. The van der Waals surface area contributed by atoms with Gasteiger partial charge in [0.25, 0.3) is 0 Å². The molecule has 2 rings (SSSR count). The summed E-state index contributed by atoms with van der Waals surface area (Å²) < 4.78 is 1.14. The fraction of sp³-hybridized carbons (Fsp3) is 0.250. The number of nitrogens with zero attached hydrogens (tertiary/aromatic N) is 1. The van der Waals surface area contributed by atoms with Crippen molar-refractivity contribution in [2.75, 3.05) is 11.9 Å². The summed E-state index contributed by atoms with van der Waals surface area (Å²) in [5.41, 5.74) is 2.46. The Morgan fingerprint density at radius 3 is 2.94 bits per heavy atom. The number of anilines is 1. The second-order valence-electron chi connectivity index (χ2n) is 3.52. The number of nitrogens with one attached hydrogen (secondary N) is 1. The van der Waals surface area contributed by atoms with E-state index in [9.17, 15) is 0 Å². The molecule has 1 heterocycles.